The summed E-state index contributed by atoms with van der Waals surface area (Å²) >= 11 is 0. The molecule has 2 nitrogen and oxygen atoms in total. The zero-order valence-corrected chi connectivity index (χ0v) is 11.4. The maximum atomic E-state index is 5.70. The predicted octanol–water partition coefficient (Wildman–Crippen LogP) is 4.13. The van der Waals surface area contributed by atoms with Gasteiger partial charge in [0.1, 0.15) is 5.75 Å². The molecule has 2 aromatic carbocycles. The van der Waals surface area contributed by atoms with Gasteiger partial charge in [0.05, 0.1) is 6.61 Å². The first-order valence-electron chi connectivity index (χ1n) is 6.89. The number of rotatable bonds is 7. The molecule has 2 rings (SSSR count). The maximum absolute atomic E-state index is 5.70. The molecule has 0 saturated carbocycles. The van der Waals surface area contributed by atoms with Gasteiger partial charge in [-0.1, -0.05) is 37.3 Å². The van der Waals surface area contributed by atoms with Crippen LogP contribution in [0, 0.1) is 0 Å². The van der Waals surface area contributed by atoms with Gasteiger partial charge in [-0.05, 0) is 42.7 Å². The Morgan fingerprint density at radius 2 is 1.68 bits per heavy atom. The van der Waals surface area contributed by atoms with Crippen LogP contribution in [0.2, 0.25) is 0 Å². The molecule has 0 aliphatic rings. The Kier molecular flexibility index (Phi) is 5.30. The van der Waals surface area contributed by atoms with E-state index in [9.17, 15) is 0 Å². The number of ether oxygens (including phenoxy) is 1. The number of aryl methyl sites for hydroxylation is 1. The third kappa shape index (κ3) is 4.66. The van der Waals surface area contributed by atoms with Gasteiger partial charge in [-0.15, -0.1) is 0 Å². The van der Waals surface area contributed by atoms with Crippen molar-refractivity contribution in [3.63, 3.8) is 0 Å². The molecule has 0 radical (unpaired) electrons. The van der Waals surface area contributed by atoms with Crippen molar-refractivity contribution < 1.29 is 4.74 Å². The minimum atomic E-state index is 0.741. The Morgan fingerprint density at radius 1 is 0.947 bits per heavy atom. The number of anilines is 1. The largest absolute Gasteiger partial charge is 0.494 e. The molecule has 0 saturated heterocycles. The van der Waals surface area contributed by atoms with Crippen molar-refractivity contribution in [3.05, 3.63) is 60.2 Å². The molecule has 0 unspecified atom stereocenters. The monoisotopic (exact) mass is 255 g/mol. The fourth-order valence-electron chi connectivity index (χ4n) is 1.87. The molecular formula is C17H21NO. The maximum Gasteiger partial charge on any atom is 0.119 e. The molecule has 0 spiro atoms. The number of benzene rings is 2. The van der Waals surface area contributed by atoms with Gasteiger partial charge in [-0.2, -0.15) is 0 Å². The van der Waals surface area contributed by atoms with Crippen LogP contribution in [-0.4, -0.2) is 13.2 Å². The average molecular weight is 255 g/mol. The molecule has 0 bridgehead atoms. The van der Waals surface area contributed by atoms with Crippen LogP contribution in [0.5, 0.6) is 5.75 Å². The zero-order valence-electron chi connectivity index (χ0n) is 11.4. The number of nitrogens with one attached hydrogen (secondary N) is 1. The van der Waals surface area contributed by atoms with Crippen LogP contribution in [0.1, 0.15) is 18.9 Å². The van der Waals surface area contributed by atoms with Gasteiger partial charge >= 0.3 is 0 Å². The quantitative estimate of drug-likeness (QED) is 0.751. The number of hydrogen-bond acceptors (Lipinski definition) is 2. The zero-order chi connectivity index (χ0) is 13.3. The second kappa shape index (κ2) is 7.47. The molecule has 0 fully saturated rings. The predicted molar refractivity (Wildman–Crippen MR) is 80.9 cm³/mol. The minimum Gasteiger partial charge on any atom is -0.494 e. The van der Waals surface area contributed by atoms with E-state index in [2.05, 4.69) is 36.5 Å². The topological polar surface area (TPSA) is 21.3 Å². The Hall–Kier alpha value is -1.96. The van der Waals surface area contributed by atoms with Crippen LogP contribution in [0.3, 0.4) is 0 Å². The third-order valence-electron chi connectivity index (χ3n) is 3.02. The van der Waals surface area contributed by atoms with Gasteiger partial charge in [0.2, 0.25) is 0 Å². The number of para-hydroxylation sites is 1. The summed E-state index contributed by atoms with van der Waals surface area (Å²) in [6.07, 6.45) is 2.06. The minimum absolute atomic E-state index is 0.741. The Bertz CT molecular complexity index is 464. The SMILES string of the molecule is CCc1ccc(OCCCNc2ccccc2)cc1. The van der Waals surface area contributed by atoms with E-state index in [1.165, 1.54) is 5.56 Å². The first-order chi connectivity index (χ1) is 9.38. The van der Waals surface area contributed by atoms with E-state index in [1.807, 2.05) is 30.3 Å². The molecular weight excluding hydrogens is 234 g/mol. The summed E-state index contributed by atoms with van der Waals surface area (Å²) < 4.78 is 5.70. The normalized spacial score (nSPS) is 10.2. The molecule has 19 heavy (non-hydrogen) atoms. The third-order valence-corrected chi connectivity index (χ3v) is 3.02. The average Bonchev–Trinajstić information content (AvgIpc) is 2.49. The van der Waals surface area contributed by atoms with Crippen LogP contribution in [-0.2, 0) is 6.42 Å². The summed E-state index contributed by atoms with van der Waals surface area (Å²) in [4.78, 5) is 0. The molecule has 0 amide bonds. The summed E-state index contributed by atoms with van der Waals surface area (Å²) in [5.41, 5.74) is 2.51. The first kappa shape index (κ1) is 13.5. The van der Waals surface area contributed by atoms with Crippen LogP contribution < -0.4 is 10.1 Å². The molecule has 100 valence electrons. The Morgan fingerprint density at radius 3 is 2.37 bits per heavy atom. The molecule has 0 aliphatic carbocycles. The lowest BCUT2D eigenvalue weighted by Gasteiger charge is -2.08. The fraction of sp³-hybridized carbons (Fsp3) is 0.294. The van der Waals surface area contributed by atoms with Crippen molar-refractivity contribution >= 4 is 5.69 Å². The smallest absolute Gasteiger partial charge is 0.119 e. The highest BCUT2D eigenvalue weighted by Gasteiger charge is 1.95. The molecule has 0 aromatic heterocycles. The number of hydrogen-bond donors (Lipinski definition) is 1. The summed E-state index contributed by atoms with van der Waals surface area (Å²) in [7, 11) is 0. The van der Waals surface area contributed by atoms with Crippen LogP contribution in [0.15, 0.2) is 54.6 Å². The van der Waals surface area contributed by atoms with Gasteiger partial charge < -0.3 is 10.1 Å². The van der Waals surface area contributed by atoms with Crippen molar-refractivity contribution in [1.29, 1.82) is 0 Å². The molecule has 2 heteroatoms. The van der Waals surface area contributed by atoms with E-state index in [1.54, 1.807) is 0 Å². The first-order valence-corrected chi connectivity index (χ1v) is 6.89. The van der Waals surface area contributed by atoms with E-state index < -0.39 is 0 Å². The van der Waals surface area contributed by atoms with Gasteiger partial charge in [-0.3, -0.25) is 0 Å². The highest BCUT2D eigenvalue weighted by Crippen LogP contribution is 2.12. The Balaban J connectivity index is 1.63. The van der Waals surface area contributed by atoms with Crippen molar-refractivity contribution in [1.82, 2.24) is 0 Å². The van der Waals surface area contributed by atoms with Gasteiger partial charge in [-0.25, -0.2) is 0 Å². The molecule has 2 aromatic rings. The molecule has 0 heterocycles. The standard InChI is InChI=1S/C17H21NO/c1-2-15-9-11-17(12-10-15)19-14-6-13-18-16-7-4-3-5-8-16/h3-5,7-12,18H,2,6,13-14H2,1H3. The lowest BCUT2D eigenvalue weighted by molar-refractivity contribution is 0.315. The molecule has 0 aliphatic heterocycles. The molecule has 1 N–H and O–H groups in total. The molecule has 0 atom stereocenters. The van der Waals surface area contributed by atoms with Gasteiger partial charge in [0.15, 0.2) is 0 Å². The summed E-state index contributed by atoms with van der Waals surface area (Å²) in [5, 5.41) is 3.37. The second-order valence-electron chi connectivity index (χ2n) is 4.49. The highest BCUT2D eigenvalue weighted by atomic mass is 16.5. The van der Waals surface area contributed by atoms with Crippen molar-refractivity contribution in [2.75, 3.05) is 18.5 Å². The fourth-order valence-corrected chi connectivity index (χ4v) is 1.87. The van der Waals surface area contributed by atoms with E-state index >= 15 is 0 Å². The van der Waals surface area contributed by atoms with E-state index in [-0.39, 0.29) is 0 Å². The van der Waals surface area contributed by atoms with Gasteiger partial charge in [0, 0.05) is 12.2 Å². The second-order valence-corrected chi connectivity index (χ2v) is 4.49. The summed E-state index contributed by atoms with van der Waals surface area (Å²) in [6.45, 7) is 3.83. The lowest BCUT2D eigenvalue weighted by atomic mass is 10.2. The van der Waals surface area contributed by atoms with Crippen molar-refractivity contribution in [2.24, 2.45) is 0 Å². The highest BCUT2D eigenvalue weighted by molar-refractivity contribution is 5.42. The van der Waals surface area contributed by atoms with Crippen molar-refractivity contribution in [3.8, 4) is 5.75 Å². The lowest BCUT2D eigenvalue weighted by Crippen LogP contribution is -2.07. The van der Waals surface area contributed by atoms with Gasteiger partial charge in [0.25, 0.3) is 0 Å². The van der Waals surface area contributed by atoms with E-state index in [0.29, 0.717) is 0 Å². The summed E-state index contributed by atoms with van der Waals surface area (Å²) in [6, 6.07) is 18.6. The van der Waals surface area contributed by atoms with E-state index in [4.69, 9.17) is 4.74 Å². The van der Waals surface area contributed by atoms with Crippen LogP contribution in [0.4, 0.5) is 5.69 Å². The Labute approximate surface area is 115 Å². The van der Waals surface area contributed by atoms with Crippen LogP contribution in [0.25, 0.3) is 0 Å². The van der Waals surface area contributed by atoms with E-state index in [0.717, 1.165) is 37.4 Å². The summed E-state index contributed by atoms with van der Waals surface area (Å²) in [5.74, 6) is 0.955. The van der Waals surface area contributed by atoms with Crippen molar-refractivity contribution in [2.45, 2.75) is 19.8 Å². The van der Waals surface area contributed by atoms with Crippen LogP contribution >= 0.6 is 0 Å².